The highest BCUT2D eigenvalue weighted by Gasteiger charge is 2.20. The monoisotopic (exact) mass is 205 g/mol. The molecule has 0 aliphatic carbocycles. The van der Waals surface area contributed by atoms with Gasteiger partial charge in [0.25, 0.3) is 0 Å². The van der Waals surface area contributed by atoms with Crippen LogP contribution in [-0.2, 0) is 12.6 Å². The lowest BCUT2D eigenvalue weighted by Gasteiger charge is -2.20. The van der Waals surface area contributed by atoms with E-state index in [2.05, 4.69) is 4.98 Å². The van der Waals surface area contributed by atoms with Crippen molar-refractivity contribution in [3.8, 4) is 0 Å². The van der Waals surface area contributed by atoms with Gasteiger partial charge in [-0.15, -0.1) is 0 Å². The van der Waals surface area contributed by atoms with E-state index in [9.17, 15) is 4.79 Å². The Balaban J connectivity index is 2.97. The van der Waals surface area contributed by atoms with Crippen LogP contribution in [0.1, 0.15) is 20.8 Å². The molecule has 0 aromatic carbocycles. The predicted molar refractivity (Wildman–Crippen MR) is 60.0 cm³/mol. The number of nitrogens with zero attached hydrogens (tertiary/aromatic N) is 3. The third-order valence-corrected chi connectivity index (χ3v) is 2.53. The zero-order valence-corrected chi connectivity index (χ0v) is 9.48. The summed E-state index contributed by atoms with van der Waals surface area (Å²) in [5.41, 5.74) is 1.59. The average molecular weight is 205 g/mol. The highest BCUT2D eigenvalue weighted by molar-refractivity contribution is 5.74. The summed E-state index contributed by atoms with van der Waals surface area (Å²) in [5, 5.41) is 0. The van der Waals surface area contributed by atoms with Crippen molar-refractivity contribution in [2.24, 2.45) is 7.05 Å². The fraction of sp³-hybridized carbons (Fsp3) is 0.455. The molecule has 2 heterocycles. The van der Waals surface area contributed by atoms with Gasteiger partial charge in [-0.1, -0.05) is 0 Å². The van der Waals surface area contributed by atoms with E-state index < -0.39 is 0 Å². The van der Waals surface area contributed by atoms with Crippen LogP contribution in [0.5, 0.6) is 0 Å². The molecule has 0 unspecified atom stereocenters. The molecule has 0 amide bonds. The van der Waals surface area contributed by atoms with Crippen molar-refractivity contribution in [2.75, 3.05) is 0 Å². The number of aromatic nitrogens is 3. The molecule has 0 saturated heterocycles. The number of hydrogen-bond donors (Lipinski definition) is 0. The second-order valence-corrected chi connectivity index (χ2v) is 4.71. The molecule has 0 radical (unpaired) electrons. The summed E-state index contributed by atoms with van der Waals surface area (Å²) in [6, 6.07) is 1.86. The zero-order valence-electron chi connectivity index (χ0n) is 9.48. The average Bonchev–Trinajstić information content (AvgIpc) is 2.39. The summed E-state index contributed by atoms with van der Waals surface area (Å²) in [4.78, 5) is 16.1. The molecule has 0 aliphatic heterocycles. The van der Waals surface area contributed by atoms with Crippen molar-refractivity contribution >= 4 is 11.0 Å². The second-order valence-electron chi connectivity index (χ2n) is 4.71. The van der Waals surface area contributed by atoms with E-state index in [0.29, 0.717) is 0 Å². The van der Waals surface area contributed by atoms with Gasteiger partial charge in [-0.3, -0.25) is 14.1 Å². The van der Waals surface area contributed by atoms with Gasteiger partial charge in [0.1, 0.15) is 0 Å². The molecule has 2 aromatic heterocycles. The molecule has 4 nitrogen and oxygen atoms in total. The maximum Gasteiger partial charge on any atom is 0.329 e. The Kier molecular flexibility index (Phi) is 1.96. The van der Waals surface area contributed by atoms with Gasteiger partial charge in [0.05, 0.1) is 17.2 Å². The fourth-order valence-corrected chi connectivity index (χ4v) is 1.84. The Morgan fingerprint density at radius 1 is 1.27 bits per heavy atom. The third kappa shape index (κ3) is 1.37. The quantitative estimate of drug-likeness (QED) is 0.653. The third-order valence-electron chi connectivity index (χ3n) is 2.53. The Morgan fingerprint density at radius 3 is 2.53 bits per heavy atom. The van der Waals surface area contributed by atoms with Crippen LogP contribution in [-0.4, -0.2) is 14.1 Å². The molecule has 0 fully saturated rings. The van der Waals surface area contributed by atoms with Gasteiger partial charge >= 0.3 is 5.69 Å². The lowest BCUT2D eigenvalue weighted by atomic mass is 10.1. The first-order valence-corrected chi connectivity index (χ1v) is 4.95. The summed E-state index contributed by atoms with van der Waals surface area (Å²) in [6.07, 6.45) is 3.44. The molecule has 2 rings (SSSR count). The minimum absolute atomic E-state index is 0.00509. The van der Waals surface area contributed by atoms with Gasteiger partial charge < -0.3 is 0 Å². The standard InChI is InChI=1S/C11H15N3O/c1-11(2,3)14-9-7-12-6-5-8(9)13(4)10(14)15/h5-7H,1-4H3. The number of imidazole rings is 1. The molecule has 0 N–H and O–H groups in total. The van der Waals surface area contributed by atoms with E-state index in [1.165, 1.54) is 0 Å². The Bertz CT molecular complexity index is 557. The Labute approximate surface area is 88.2 Å². The summed E-state index contributed by atoms with van der Waals surface area (Å²) >= 11 is 0. The lowest BCUT2D eigenvalue weighted by molar-refractivity contribution is 0.392. The van der Waals surface area contributed by atoms with Crippen molar-refractivity contribution in [3.63, 3.8) is 0 Å². The summed E-state index contributed by atoms with van der Waals surface area (Å²) < 4.78 is 3.43. The minimum atomic E-state index is -0.223. The Morgan fingerprint density at radius 2 is 1.93 bits per heavy atom. The van der Waals surface area contributed by atoms with Crippen LogP contribution in [0.3, 0.4) is 0 Å². The van der Waals surface area contributed by atoms with Crippen molar-refractivity contribution < 1.29 is 0 Å². The first-order chi connectivity index (χ1) is 6.93. The number of rotatable bonds is 0. The molecule has 0 bridgehead atoms. The van der Waals surface area contributed by atoms with Gasteiger partial charge in [0.2, 0.25) is 0 Å². The lowest BCUT2D eigenvalue weighted by Crippen LogP contribution is -2.34. The molecule has 0 saturated carbocycles. The molecule has 2 aromatic rings. The van der Waals surface area contributed by atoms with Gasteiger partial charge in [-0.05, 0) is 26.8 Å². The second kappa shape index (κ2) is 2.95. The van der Waals surface area contributed by atoms with E-state index in [1.54, 1.807) is 28.6 Å². The van der Waals surface area contributed by atoms with Gasteiger partial charge in [-0.2, -0.15) is 0 Å². The molecule has 0 atom stereocenters. The molecular weight excluding hydrogens is 190 g/mol. The predicted octanol–water partition coefficient (Wildman–Crippen LogP) is 1.49. The molecule has 4 heteroatoms. The fourth-order valence-electron chi connectivity index (χ4n) is 1.84. The molecular formula is C11H15N3O. The first kappa shape index (κ1) is 9.96. The van der Waals surface area contributed by atoms with Crippen LogP contribution < -0.4 is 5.69 Å². The number of hydrogen-bond acceptors (Lipinski definition) is 2. The van der Waals surface area contributed by atoms with Crippen LogP contribution in [0.4, 0.5) is 0 Å². The number of pyridine rings is 1. The van der Waals surface area contributed by atoms with E-state index in [-0.39, 0.29) is 11.2 Å². The number of aryl methyl sites for hydroxylation is 1. The van der Waals surface area contributed by atoms with Crippen LogP contribution >= 0.6 is 0 Å². The molecule has 80 valence electrons. The highest BCUT2D eigenvalue weighted by Crippen LogP contribution is 2.19. The zero-order chi connectivity index (χ0) is 11.2. The first-order valence-electron chi connectivity index (χ1n) is 4.95. The smallest absolute Gasteiger partial charge is 0.295 e. The Hall–Kier alpha value is -1.58. The van der Waals surface area contributed by atoms with E-state index in [1.807, 2.05) is 26.8 Å². The van der Waals surface area contributed by atoms with Gasteiger partial charge in [0, 0.05) is 18.8 Å². The topological polar surface area (TPSA) is 39.8 Å². The van der Waals surface area contributed by atoms with Crippen LogP contribution in [0.15, 0.2) is 23.3 Å². The highest BCUT2D eigenvalue weighted by atomic mass is 16.1. The van der Waals surface area contributed by atoms with Crippen molar-refractivity contribution in [2.45, 2.75) is 26.3 Å². The van der Waals surface area contributed by atoms with Crippen molar-refractivity contribution in [3.05, 3.63) is 28.9 Å². The number of fused-ring (bicyclic) bond motifs is 1. The summed E-state index contributed by atoms with van der Waals surface area (Å²) in [5.74, 6) is 0. The SMILES string of the molecule is Cn1c(=O)n(C(C)(C)C)c2cnccc21. The maximum absolute atomic E-state index is 12.0. The van der Waals surface area contributed by atoms with E-state index in [4.69, 9.17) is 0 Å². The van der Waals surface area contributed by atoms with Crippen LogP contribution in [0.2, 0.25) is 0 Å². The normalized spacial score (nSPS) is 12.3. The summed E-state index contributed by atoms with van der Waals surface area (Å²) in [6.45, 7) is 6.04. The van der Waals surface area contributed by atoms with Crippen LogP contribution in [0, 0.1) is 0 Å². The van der Waals surface area contributed by atoms with Crippen molar-refractivity contribution in [1.82, 2.24) is 14.1 Å². The summed E-state index contributed by atoms with van der Waals surface area (Å²) in [7, 11) is 1.78. The largest absolute Gasteiger partial charge is 0.329 e. The van der Waals surface area contributed by atoms with Gasteiger partial charge in [-0.25, -0.2) is 4.79 Å². The molecule has 0 aliphatic rings. The molecule has 0 spiro atoms. The minimum Gasteiger partial charge on any atom is -0.295 e. The maximum atomic E-state index is 12.0. The van der Waals surface area contributed by atoms with Crippen molar-refractivity contribution in [1.29, 1.82) is 0 Å². The van der Waals surface area contributed by atoms with Crippen LogP contribution in [0.25, 0.3) is 11.0 Å². The molecule has 15 heavy (non-hydrogen) atoms. The van der Waals surface area contributed by atoms with Gasteiger partial charge in [0.15, 0.2) is 0 Å². The van der Waals surface area contributed by atoms with E-state index in [0.717, 1.165) is 11.0 Å². The van der Waals surface area contributed by atoms with E-state index >= 15 is 0 Å².